The Labute approximate surface area is 107 Å². The Morgan fingerprint density at radius 3 is 2.67 bits per heavy atom. The molecular formula is C14H20FNO2. The van der Waals surface area contributed by atoms with Crippen LogP contribution in [0.15, 0.2) is 18.2 Å². The summed E-state index contributed by atoms with van der Waals surface area (Å²) in [6.07, 6.45) is 0.607. The van der Waals surface area contributed by atoms with E-state index in [9.17, 15) is 9.18 Å². The molecule has 0 atom stereocenters. The molecule has 2 N–H and O–H groups in total. The summed E-state index contributed by atoms with van der Waals surface area (Å²) >= 11 is 0. The Balaban J connectivity index is 2.63. The minimum Gasteiger partial charge on any atom is -0.396 e. The second kappa shape index (κ2) is 5.96. The molecule has 0 fully saturated rings. The number of hydrogen-bond donors (Lipinski definition) is 2. The second-order valence-corrected chi connectivity index (χ2v) is 5.28. The Kier molecular flexibility index (Phi) is 4.84. The molecule has 0 heterocycles. The molecule has 0 aliphatic heterocycles. The maximum Gasteiger partial charge on any atom is 0.251 e. The molecule has 1 rings (SSSR count). The van der Waals surface area contributed by atoms with E-state index in [4.69, 9.17) is 5.11 Å². The lowest BCUT2D eigenvalue weighted by Gasteiger charge is -2.23. The number of nitrogens with one attached hydrogen (secondary N) is 1. The molecule has 4 heteroatoms. The van der Waals surface area contributed by atoms with Gasteiger partial charge in [-0.25, -0.2) is 4.39 Å². The number of halogens is 1. The fraction of sp³-hybridized carbons (Fsp3) is 0.500. The molecule has 0 aliphatic carbocycles. The zero-order chi connectivity index (χ0) is 13.8. The Morgan fingerprint density at radius 2 is 2.11 bits per heavy atom. The monoisotopic (exact) mass is 253 g/mol. The summed E-state index contributed by atoms with van der Waals surface area (Å²) < 4.78 is 13.3. The van der Waals surface area contributed by atoms with Crippen LogP contribution in [0.1, 0.15) is 36.2 Å². The van der Waals surface area contributed by atoms with E-state index in [-0.39, 0.29) is 23.7 Å². The van der Waals surface area contributed by atoms with Crippen LogP contribution in [0.2, 0.25) is 0 Å². The highest BCUT2D eigenvalue weighted by Gasteiger charge is 2.18. The first-order valence-corrected chi connectivity index (χ1v) is 6.01. The van der Waals surface area contributed by atoms with Crippen molar-refractivity contribution in [3.05, 3.63) is 35.1 Å². The highest BCUT2D eigenvalue weighted by molar-refractivity contribution is 5.94. The van der Waals surface area contributed by atoms with Crippen LogP contribution in [0, 0.1) is 18.2 Å². The first-order chi connectivity index (χ1) is 8.35. The van der Waals surface area contributed by atoms with Crippen LogP contribution in [-0.2, 0) is 0 Å². The fourth-order valence-corrected chi connectivity index (χ4v) is 1.55. The van der Waals surface area contributed by atoms with Crippen LogP contribution >= 0.6 is 0 Å². The van der Waals surface area contributed by atoms with Crippen LogP contribution in [0.25, 0.3) is 0 Å². The summed E-state index contributed by atoms with van der Waals surface area (Å²) in [5.41, 5.74) is 0.665. The summed E-state index contributed by atoms with van der Waals surface area (Å²) in [5, 5.41) is 11.6. The molecule has 0 bridgehead atoms. The van der Waals surface area contributed by atoms with Crippen molar-refractivity contribution in [3.8, 4) is 0 Å². The zero-order valence-corrected chi connectivity index (χ0v) is 11.1. The maximum atomic E-state index is 13.3. The number of rotatable bonds is 5. The Hall–Kier alpha value is -1.42. The molecule has 0 unspecified atom stereocenters. The van der Waals surface area contributed by atoms with Crippen LogP contribution in [0.3, 0.4) is 0 Å². The number of hydrogen-bond acceptors (Lipinski definition) is 2. The highest BCUT2D eigenvalue weighted by atomic mass is 19.1. The first-order valence-electron chi connectivity index (χ1n) is 6.01. The van der Waals surface area contributed by atoms with Gasteiger partial charge < -0.3 is 10.4 Å². The van der Waals surface area contributed by atoms with Gasteiger partial charge in [0, 0.05) is 18.7 Å². The molecule has 0 saturated heterocycles. The summed E-state index contributed by atoms with van der Waals surface area (Å²) in [5.74, 6) is -0.669. The Bertz CT molecular complexity index is 430. The van der Waals surface area contributed by atoms with E-state index in [0.29, 0.717) is 24.1 Å². The van der Waals surface area contributed by atoms with Crippen molar-refractivity contribution >= 4 is 5.91 Å². The molecule has 3 nitrogen and oxygen atoms in total. The smallest absolute Gasteiger partial charge is 0.251 e. The van der Waals surface area contributed by atoms with Gasteiger partial charge in [-0.2, -0.15) is 0 Å². The minimum absolute atomic E-state index is 0.0853. The number of aryl methyl sites for hydroxylation is 1. The third-order valence-electron chi connectivity index (χ3n) is 2.95. The molecule has 0 aromatic heterocycles. The molecule has 0 radical (unpaired) electrons. The maximum absolute atomic E-state index is 13.3. The van der Waals surface area contributed by atoms with Gasteiger partial charge in [-0.3, -0.25) is 4.79 Å². The van der Waals surface area contributed by atoms with Gasteiger partial charge in [-0.1, -0.05) is 19.9 Å². The van der Waals surface area contributed by atoms with Gasteiger partial charge in [-0.15, -0.1) is 0 Å². The Morgan fingerprint density at radius 1 is 1.44 bits per heavy atom. The largest absolute Gasteiger partial charge is 0.396 e. The van der Waals surface area contributed by atoms with Crippen molar-refractivity contribution in [1.29, 1.82) is 0 Å². The van der Waals surface area contributed by atoms with E-state index < -0.39 is 0 Å². The van der Waals surface area contributed by atoms with Gasteiger partial charge in [0.05, 0.1) is 0 Å². The van der Waals surface area contributed by atoms with Gasteiger partial charge in [0.1, 0.15) is 5.82 Å². The summed E-state index contributed by atoms with van der Waals surface area (Å²) in [6.45, 7) is 6.10. The summed E-state index contributed by atoms with van der Waals surface area (Å²) in [4.78, 5) is 11.8. The van der Waals surface area contributed by atoms with Crippen LogP contribution in [-0.4, -0.2) is 24.2 Å². The van der Waals surface area contributed by atoms with Gasteiger partial charge >= 0.3 is 0 Å². The molecule has 1 aromatic rings. The molecule has 1 amide bonds. The highest BCUT2D eigenvalue weighted by Crippen LogP contribution is 2.18. The standard InChI is InChI=1S/C14H20FNO2/c1-10-4-5-11(8-12(10)15)13(18)16-9-14(2,3)6-7-17/h4-5,8,17H,6-7,9H2,1-3H3,(H,16,18). The van der Waals surface area contributed by atoms with Crippen molar-refractivity contribution in [1.82, 2.24) is 5.32 Å². The quantitative estimate of drug-likeness (QED) is 0.845. The van der Waals surface area contributed by atoms with Crippen molar-refractivity contribution < 1.29 is 14.3 Å². The van der Waals surface area contributed by atoms with Crippen molar-refractivity contribution in [2.45, 2.75) is 27.2 Å². The summed E-state index contributed by atoms with van der Waals surface area (Å²) in [7, 11) is 0. The summed E-state index contributed by atoms with van der Waals surface area (Å²) in [6, 6.07) is 4.43. The van der Waals surface area contributed by atoms with Crippen molar-refractivity contribution in [3.63, 3.8) is 0 Å². The van der Waals surface area contributed by atoms with Crippen LogP contribution in [0.4, 0.5) is 4.39 Å². The SMILES string of the molecule is Cc1ccc(C(=O)NCC(C)(C)CCO)cc1F. The number of amides is 1. The molecule has 0 spiro atoms. The average Bonchev–Trinajstić information content (AvgIpc) is 2.30. The predicted molar refractivity (Wildman–Crippen MR) is 69.0 cm³/mol. The lowest BCUT2D eigenvalue weighted by Crippen LogP contribution is -2.34. The van der Waals surface area contributed by atoms with Crippen LogP contribution in [0.5, 0.6) is 0 Å². The van der Waals surface area contributed by atoms with Crippen molar-refractivity contribution in [2.75, 3.05) is 13.2 Å². The van der Waals surface area contributed by atoms with E-state index in [0.717, 1.165) is 0 Å². The normalized spacial score (nSPS) is 11.4. The number of carbonyl (C=O) groups is 1. The molecule has 1 aromatic carbocycles. The molecule has 100 valence electrons. The number of aliphatic hydroxyl groups is 1. The number of carbonyl (C=O) groups excluding carboxylic acids is 1. The lowest BCUT2D eigenvalue weighted by molar-refractivity contribution is 0.0927. The van der Waals surface area contributed by atoms with Crippen LogP contribution < -0.4 is 5.32 Å². The second-order valence-electron chi connectivity index (χ2n) is 5.28. The van der Waals surface area contributed by atoms with Gasteiger partial charge in [0.2, 0.25) is 0 Å². The number of aliphatic hydroxyl groups excluding tert-OH is 1. The van der Waals surface area contributed by atoms with Crippen molar-refractivity contribution in [2.24, 2.45) is 5.41 Å². The van der Waals surface area contributed by atoms with E-state index in [2.05, 4.69) is 5.32 Å². The molecular weight excluding hydrogens is 233 g/mol. The van der Waals surface area contributed by atoms with E-state index in [1.54, 1.807) is 19.1 Å². The third kappa shape index (κ3) is 4.11. The minimum atomic E-state index is -0.378. The van der Waals surface area contributed by atoms with Gasteiger partial charge in [0.25, 0.3) is 5.91 Å². The first kappa shape index (κ1) is 14.6. The lowest BCUT2D eigenvalue weighted by atomic mass is 9.89. The van der Waals surface area contributed by atoms with E-state index in [1.165, 1.54) is 6.07 Å². The number of benzene rings is 1. The van der Waals surface area contributed by atoms with E-state index >= 15 is 0 Å². The topological polar surface area (TPSA) is 49.3 Å². The predicted octanol–water partition coefficient (Wildman–Crippen LogP) is 2.27. The third-order valence-corrected chi connectivity index (χ3v) is 2.95. The fourth-order valence-electron chi connectivity index (χ4n) is 1.55. The van der Waals surface area contributed by atoms with Gasteiger partial charge in [-0.05, 0) is 36.5 Å². The molecule has 0 aliphatic rings. The zero-order valence-electron chi connectivity index (χ0n) is 11.1. The van der Waals surface area contributed by atoms with E-state index in [1.807, 2.05) is 13.8 Å². The molecule has 18 heavy (non-hydrogen) atoms. The molecule has 0 saturated carbocycles. The average molecular weight is 253 g/mol. The van der Waals surface area contributed by atoms with Gasteiger partial charge in [0.15, 0.2) is 0 Å².